The molecule has 1 aliphatic carbocycles. The fourth-order valence-electron chi connectivity index (χ4n) is 5.51. The fraction of sp³-hybridized carbons (Fsp3) is 0.700. The number of hydrogen-bond acceptors (Lipinski definition) is 5. The van der Waals surface area contributed by atoms with E-state index < -0.39 is 5.91 Å². The summed E-state index contributed by atoms with van der Waals surface area (Å²) in [6.07, 6.45) is 7.58. The lowest BCUT2D eigenvalue weighted by molar-refractivity contribution is -0.179. The van der Waals surface area contributed by atoms with E-state index in [-0.39, 0.29) is 18.0 Å². The van der Waals surface area contributed by atoms with Gasteiger partial charge in [0.15, 0.2) is 0 Å². The van der Waals surface area contributed by atoms with Crippen molar-refractivity contribution >= 4 is 18.3 Å². The molecule has 0 aromatic carbocycles. The second kappa shape index (κ2) is 8.43. The SMILES string of the molecule is COC1(c2ccnc(C(N)=O)c2)C2CCCC1CN([C@@H]1CCCOC1)C2.Cl. The third-order valence-electron chi connectivity index (χ3n) is 6.68. The Bertz CT molecular complexity index is 652. The maximum Gasteiger partial charge on any atom is 0.267 e. The molecule has 6 nitrogen and oxygen atoms in total. The first kappa shape index (κ1) is 20.5. The fourth-order valence-corrected chi connectivity index (χ4v) is 5.51. The first-order valence-electron chi connectivity index (χ1n) is 9.78. The van der Waals surface area contributed by atoms with Crippen LogP contribution in [0.1, 0.15) is 48.2 Å². The van der Waals surface area contributed by atoms with Gasteiger partial charge in [-0.1, -0.05) is 6.42 Å². The lowest BCUT2D eigenvalue weighted by atomic mass is 9.62. The van der Waals surface area contributed by atoms with Crippen molar-refractivity contribution in [2.24, 2.45) is 17.6 Å². The molecule has 2 unspecified atom stereocenters. The number of rotatable bonds is 4. The number of likely N-dealkylation sites (tertiary alicyclic amines) is 1. The summed E-state index contributed by atoms with van der Waals surface area (Å²) in [5, 5.41) is 0. The number of nitrogens with zero attached hydrogens (tertiary/aromatic N) is 2. The highest BCUT2D eigenvalue weighted by Crippen LogP contribution is 2.52. The Labute approximate surface area is 167 Å². The summed E-state index contributed by atoms with van der Waals surface area (Å²) >= 11 is 0. The van der Waals surface area contributed by atoms with E-state index in [0.717, 1.165) is 51.1 Å². The summed E-state index contributed by atoms with van der Waals surface area (Å²) in [5.74, 6) is 0.329. The number of ether oxygens (including phenoxy) is 2. The molecular weight excluding hydrogens is 366 g/mol. The van der Waals surface area contributed by atoms with Crippen molar-refractivity contribution in [3.05, 3.63) is 29.6 Å². The molecule has 4 rings (SSSR count). The highest BCUT2D eigenvalue weighted by Gasteiger charge is 2.54. The molecule has 27 heavy (non-hydrogen) atoms. The van der Waals surface area contributed by atoms with Crippen LogP contribution in [0.3, 0.4) is 0 Å². The van der Waals surface area contributed by atoms with Gasteiger partial charge in [0.05, 0.1) is 6.61 Å². The van der Waals surface area contributed by atoms with Crippen LogP contribution in [-0.4, -0.2) is 55.2 Å². The normalized spacial score (nSPS) is 33.9. The average molecular weight is 396 g/mol. The van der Waals surface area contributed by atoms with Crippen molar-refractivity contribution in [3.63, 3.8) is 0 Å². The maximum atomic E-state index is 11.6. The third kappa shape index (κ3) is 3.60. The number of aromatic nitrogens is 1. The molecule has 0 radical (unpaired) electrons. The number of carbonyl (C=O) groups excluding carboxylic acids is 1. The van der Waals surface area contributed by atoms with Gasteiger partial charge in [-0.2, -0.15) is 0 Å². The van der Waals surface area contributed by atoms with E-state index in [2.05, 4.69) is 9.88 Å². The minimum atomic E-state index is -0.486. The molecule has 3 fully saturated rings. The largest absolute Gasteiger partial charge is 0.380 e. The molecule has 3 atom stereocenters. The van der Waals surface area contributed by atoms with Gasteiger partial charge in [0.25, 0.3) is 5.91 Å². The van der Waals surface area contributed by atoms with E-state index in [1.54, 1.807) is 6.20 Å². The Kier molecular flexibility index (Phi) is 6.41. The van der Waals surface area contributed by atoms with Crippen LogP contribution in [0.15, 0.2) is 18.3 Å². The number of primary amides is 1. The number of piperidine rings is 1. The van der Waals surface area contributed by atoms with Crippen LogP contribution in [0.5, 0.6) is 0 Å². The van der Waals surface area contributed by atoms with Crippen molar-refractivity contribution in [1.82, 2.24) is 9.88 Å². The first-order valence-corrected chi connectivity index (χ1v) is 9.78. The van der Waals surface area contributed by atoms with Gasteiger partial charge >= 0.3 is 0 Å². The predicted molar refractivity (Wildman–Crippen MR) is 105 cm³/mol. The zero-order valence-corrected chi connectivity index (χ0v) is 16.7. The van der Waals surface area contributed by atoms with Crippen LogP contribution >= 0.6 is 12.4 Å². The Balaban J connectivity index is 0.00000210. The van der Waals surface area contributed by atoms with E-state index in [0.29, 0.717) is 23.6 Å². The molecule has 3 heterocycles. The monoisotopic (exact) mass is 395 g/mol. The van der Waals surface area contributed by atoms with Gasteiger partial charge in [0.2, 0.25) is 0 Å². The molecule has 2 aliphatic heterocycles. The van der Waals surface area contributed by atoms with Gasteiger partial charge in [-0.3, -0.25) is 14.7 Å². The Morgan fingerprint density at radius 1 is 1.30 bits per heavy atom. The van der Waals surface area contributed by atoms with Crippen LogP contribution in [0, 0.1) is 11.8 Å². The number of hydrogen-bond donors (Lipinski definition) is 1. The molecule has 1 amide bonds. The summed E-state index contributed by atoms with van der Waals surface area (Å²) in [4.78, 5) is 18.4. The Morgan fingerprint density at radius 3 is 2.63 bits per heavy atom. The van der Waals surface area contributed by atoms with Crippen LogP contribution in [0.2, 0.25) is 0 Å². The predicted octanol–water partition coefficient (Wildman–Crippen LogP) is 2.35. The van der Waals surface area contributed by atoms with E-state index in [1.807, 2.05) is 19.2 Å². The third-order valence-corrected chi connectivity index (χ3v) is 6.68. The van der Waals surface area contributed by atoms with Crippen LogP contribution in [0.25, 0.3) is 0 Å². The number of methoxy groups -OCH3 is 1. The van der Waals surface area contributed by atoms with Gasteiger partial charge in [-0.05, 0) is 43.4 Å². The van der Waals surface area contributed by atoms with E-state index in [9.17, 15) is 4.79 Å². The molecule has 1 saturated carbocycles. The molecule has 0 spiro atoms. The summed E-state index contributed by atoms with van der Waals surface area (Å²) in [5.41, 5.74) is 6.49. The lowest BCUT2D eigenvalue weighted by Crippen LogP contribution is -2.61. The first-order chi connectivity index (χ1) is 12.6. The smallest absolute Gasteiger partial charge is 0.267 e. The summed E-state index contributed by atoms with van der Waals surface area (Å²) in [7, 11) is 1.81. The van der Waals surface area contributed by atoms with Gasteiger partial charge in [-0.15, -0.1) is 12.4 Å². The standard InChI is InChI=1S/C20H29N3O3.ClH/c1-25-20(14-7-8-22-18(10-14)19(21)24)15-4-2-5-16(20)12-23(11-15)17-6-3-9-26-13-17;/h7-8,10,15-17H,2-6,9,11-13H2,1H3,(H2,21,24);1H/t15?,16?,17-,20?;/m1./s1. The highest BCUT2D eigenvalue weighted by atomic mass is 35.5. The summed E-state index contributed by atoms with van der Waals surface area (Å²) in [6.45, 7) is 3.78. The number of carbonyl (C=O) groups is 1. The minimum Gasteiger partial charge on any atom is -0.380 e. The molecular formula is C20H30ClN3O3. The Morgan fingerprint density at radius 2 is 2.04 bits per heavy atom. The minimum absolute atomic E-state index is 0. The highest BCUT2D eigenvalue weighted by molar-refractivity contribution is 5.90. The molecule has 1 aromatic rings. The summed E-state index contributed by atoms with van der Waals surface area (Å²) < 4.78 is 12.0. The van der Waals surface area contributed by atoms with E-state index in [1.165, 1.54) is 12.8 Å². The number of fused-ring (bicyclic) bond motifs is 2. The number of pyridine rings is 1. The van der Waals surface area contributed by atoms with Gasteiger partial charge in [0.1, 0.15) is 11.3 Å². The van der Waals surface area contributed by atoms with Crippen molar-refractivity contribution in [2.45, 2.75) is 43.7 Å². The summed E-state index contributed by atoms with van der Waals surface area (Å²) in [6, 6.07) is 4.37. The number of halogens is 1. The number of nitrogens with two attached hydrogens (primary N) is 1. The molecule has 150 valence electrons. The molecule has 2 N–H and O–H groups in total. The van der Waals surface area contributed by atoms with Crippen molar-refractivity contribution < 1.29 is 14.3 Å². The van der Waals surface area contributed by atoms with Crippen molar-refractivity contribution in [1.29, 1.82) is 0 Å². The number of amides is 1. The molecule has 3 aliphatic rings. The topological polar surface area (TPSA) is 77.7 Å². The van der Waals surface area contributed by atoms with E-state index >= 15 is 0 Å². The molecule has 2 bridgehead atoms. The van der Waals surface area contributed by atoms with Gasteiger partial charge in [0, 0.05) is 50.9 Å². The van der Waals surface area contributed by atoms with E-state index in [4.69, 9.17) is 15.2 Å². The average Bonchev–Trinajstić information content (AvgIpc) is 2.67. The van der Waals surface area contributed by atoms with Crippen LogP contribution < -0.4 is 5.73 Å². The molecule has 7 heteroatoms. The van der Waals surface area contributed by atoms with Crippen molar-refractivity contribution in [2.75, 3.05) is 33.4 Å². The molecule has 1 aromatic heterocycles. The van der Waals surface area contributed by atoms with Crippen molar-refractivity contribution in [3.8, 4) is 0 Å². The quantitative estimate of drug-likeness (QED) is 0.846. The van der Waals surface area contributed by atoms with Gasteiger partial charge < -0.3 is 15.2 Å². The molecule has 2 saturated heterocycles. The zero-order valence-electron chi connectivity index (χ0n) is 15.9. The second-order valence-corrected chi connectivity index (χ2v) is 7.94. The lowest BCUT2D eigenvalue weighted by Gasteiger charge is -2.57. The zero-order chi connectivity index (χ0) is 18.1. The maximum absolute atomic E-state index is 11.6. The van der Waals surface area contributed by atoms with Crippen LogP contribution in [0.4, 0.5) is 0 Å². The van der Waals surface area contributed by atoms with Crippen LogP contribution in [-0.2, 0) is 15.1 Å². The Hall–Kier alpha value is -1.21. The second-order valence-electron chi connectivity index (χ2n) is 7.94. The van der Waals surface area contributed by atoms with Gasteiger partial charge in [-0.25, -0.2) is 0 Å².